The van der Waals surface area contributed by atoms with Crippen LogP contribution in [0, 0.1) is 0 Å². The minimum absolute atomic E-state index is 0.210. The summed E-state index contributed by atoms with van der Waals surface area (Å²) in [7, 11) is 0. The van der Waals surface area contributed by atoms with Crippen molar-refractivity contribution in [3.8, 4) is 0 Å². The Kier molecular flexibility index (Phi) is 10.7. The highest BCUT2D eigenvalue weighted by atomic mass is 19.4. The fourth-order valence-corrected chi connectivity index (χ4v) is 1.85. The first-order valence-corrected chi connectivity index (χ1v) is 7.68. The van der Waals surface area contributed by atoms with E-state index in [0.29, 0.717) is 12.8 Å². The Hall–Kier alpha value is -2.00. The quantitative estimate of drug-likeness (QED) is 0.293. The van der Waals surface area contributed by atoms with Gasteiger partial charge in [0.15, 0.2) is 13.2 Å². The molecule has 26 heavy (non-hydrogen) atoms. The van der Waals surface area contributed by atoms with Gasteiger partial charge in [-0.25, -0.2) is 0 Å². The average Bonchev–Trinajstić information content (AvgIpc) is 2.49. The number of carbonyl (C=O) groups excluding carboxylic acids is 2. The predicted octanol–water partition coefficient (Wildman–Crippen LogP) is 4.65. The van der Waals surface area contributed by atoms with Crippen LogP contribution in [0.3, 0.4) is 0 Å². The van der Waals surface area contributed by atoms with Crippen LogP contribution in [0.25, 0.3) is 0 Å². The highest BCUT2D eigenvalue weighted by molar-refractivity contribution is 5.69. The second kappa shape index (κ2) is 11.6. The Morgan fingerprint density at radius 1 is 0.769 bits per heavy atom. The van der Waals surface area contributed by atoms with Gasteiger partial charge in [0.05, 0.1) is 0 Å². The summed E-state index contributed by atoms with van der Waals surface area (Å²) in [4.78, 5) is 22.3. The Bertz CT molecular complexity index is 456. The van der Waals surface area contributed by atoms with Gasteiger partial charge in [0.2, 0.25) is 0 Å². The van der Waals surface area contributed by atoms with Gasteiger partial charge in [-0.15, -0.1) is 0 Å². The van der Waals surface area contributed by atoms with E-state index < -0.39 is 37.5 Å². The molecular weight excluding hydrogens is 370 g/mol. The van der Waals surface area contributed by atoms with Crippen molar-refractivity contribution in [2.24, 2.45) is 0 Å². The maximum atomic E-state index is 11.9. The molecule has 0 aliphatic carbocycles. The molecule has 0 aliphatic heterocycles. The predicted molar refractivity (Wildman–Crippen MR) is 80.0 cm³/mol. The van der Waals surface area contributed by atoms with Gasteiger partial charge in [-0.1, -0.05) is 24.3 Å². The molecule has 0 bridgehead atoms. The zero-order valence-corrected chi connectivity index (χ0v) is 13.9. The molecule has 0 aromatic carbocycles. The molecule has 0 spiro atoms. The van der Waals surface area contributed by atoms with Crippen molar-refractivity contribution in [3.05, 3.63) is 24.3 Å². The van der Waals surface area contributed by atoms with Gasteiger partial charge in [-0.05, 0) is 25.7 Å². The summed E-state index contributed by atoms with van der Waals surface area (Å²) >= 11 is 0. The molecule has 0 heterocycles. The maximum absolute atomic E-state index is 11.9. The molecule has 0 aromatic rings. The monoisotopic (exact) mass is 390 g/mol. The molecule has 0 aliphatic rings. The fraction of sp³-hybridized carbons (Fsp3) is 0.625. The van der Waals surface area contributed by atoms with E-state index >= 15 is 0 Å². The molecule has 0 rings (SSSR count). The summed E-state index contributed by atoms with van der Waals surface area (Å²) in [6.45, 7) is 0.215. The Balaban J connectivity index is 4.08. The summed E-state index contributed by atoms with van der Waals surface area (Å²) in [5, 5.41) is 0. The van der Waals surface area contributed by atoms with Crippen LogP contribution in [-0.4, -0.2) is 37.5 Å². The number of esters is 2. The Morgan fingerprint density at radius 2 is 1.15 bits per heavy atom. The number of carbonyl (C=O) groups is 2. The molecule has 0 fully saturated rings. The fourth-order valence-electron chi connectivity index (χ4n) is 1.85. The van der Waals surface area contributed by atoms with Gasteiger partial charge in [-0.3, -0.25) is 9.59 Å². The van der Waals surface area contributed by atoms with Crippen molar-refractivity contribution in [2.45, 2.75) is 50.9 Å². The second-order valence-corrected chi connectivity index (χ2v) is 5.32. The standard InChI is InChI=1S/C16H20F6O4/c1-2-5-12(6-3-8-13(23)25-10-15(17,18)19)7-4-9-14(24)26-11-16(20,21)22/h2,5H,1,3-4,6-11H2. The third-order valence-corrected chi connectivity index (χ3v) is 2.90. The van der Waals surface area contributed by atoms with Gasteiger partial charge in [0, 0.05) is 12.8 Å². The normalized spacial score (nSPS) is 11.6. The number of ether oxygens (including phenoxy) is 2. The molecular formula is C16H20F6O4. The molecule has 10 heteroatoms. The molecule has 4 nitrogen and oxygen atoms in total. The molecule has 0 radical (unpaired) electrons. The minimum atomic E-state index is -4.58. The first kappa shape index (κ1) is 24.0. The van der Waals surface area contributed by atoms with Crippen molar-refractivity contribution >= 4 is 11.9 Å². The SMILES string of the molecule is C=CC=C(CCCC(=O)OCC(F)(F)F)CCCC(=O)OCC(F)(F)F. The van der Waals surface area contributed by atoms with Crippen LogP contribution < -0.4 is 0 Å². The second-order valence-electron chi connectivity index (χ2n) is 5.32. The van der Waals surface area contributed by atoms with Crippen molar-refractivity contribution in [1.29, 1.82) is 0 Å². The summed E-state index contributed by atoms with van der Waals surface area (Å²) < 4.78 is 79.5. The summed E-state index contributed by atoms with van der Waals surface area (Å²) in [5.74, 6) is -1.95. The van der Waals surface area contributed by atoms with Crippen LogP contribution in [0.2, 0.25) is 0 Å². The van der Waals surface area contributed by atoms with Gasteiger partial charge >= 0.3 is 24.3 Å². The molecule has 0 atom stereocenters. The zero-order valence-electron chi connectivity index (χ0n) is 13.9. The summed E-state index contributed by atoms with van der Waals surface area (Å²) in [6, 6.07) is 0. The minimum Gasteiger partial charge on any atom is -0.456 e. The first-order valence-electron chi connectivity index (χ1n) is 7.68. The van der Waals surface area contributed by atoms with E-state index in [1.54, 1.807) is 6.08 Å². The van der Waals surface area contributed by atoms with E-state index in [-0.39, 0.29) is 25.7 Å². The van der Waals surface area contributed by atoms with Gasteiger partial charge in [-0.2, -0.15) is 26.3 Å². The lowest BCUT2D eigenvalue weighted by Crippen LogP contribution is -2.20. The Labute approximate surface area is 146 Å². The van der Waals surface area contributed by atoms with Crippen LogP contribution >= 0.6 is 0 Å². The van der Waals surface area contributed by atoms with Crippen LogP contribution in [0.4, 0.5) is 26.3 Å². The first-order chi connectivity index (χ1) is 11.9. The van der Waals surface area contributed by atoms with Gasteiger partial charge in [0.1, 0.15) is 0 Å². The topological polar surface area (TPSA) is 52.6 Å². The lowest BCUT2D eigenvalue weighted by atomic mass is 10.0. The maximum Gasteiger partial charge on any atom is 0.422 e. The van der Waals surface area contributed by atoms with Crippen molar-refractivity contribution in [2.75, 3.05) is 13.2 Å². The molecule has 150 valence electrons. The lowest BCUT2D eigenvalue weighted by Gasteiger charge is -2.10. The van der Waals surface area contributed by atoms with E-state index in [0.717, 1.165) is 5.57 Å². The van der Waals surface area contributed by atoms with E-state index in [2.05, 4.69) is 16.1 Å². The molecule has 0 unspecified atom stereocenters. The largest absolute Gasteiger partial charge is 0.456 e. The average molecular weight is 390 g/mol. The molecule has 0 saturated carbocycles. The summed E-state index contributed by atoms with van der Waals surface area (Å²) in [6.07, 6.45) is -5.34. The molecule has 0 N–H and O–H groups in total. The summed E-state index contributed by atoms with van der Waals surface area (Å²) in [5.41, 5.74) is 0.757. The lowest BCUT2D eigenvalue weighted by molar-refractivity contribution is -0.186. The van der Waals surface area contributed by atoms with Crippen LogP contribution in [0.1, 0.15) is 38.5 Å². The van der Waals surface area contributed by atoms with Crippen molar-refractivity contribution in [3.63, 3.8) is 0 Å². The molecule has 0 saturated heterocycles. The number of halogens is 6. The van der Waals surface area contributed by atoms with Crippen LogP contribution in [0.15, 0.2) is 24.3 Å². The highest BCUT2D eigenvalue weighted by Gasteiger charge is 2.30. The highest BCUT2D eigenvalue weighted by Crippen LogP contribution is 2.19. The number of hydrogen-bond acceptors (Lipinski definition) is 4. The van der Waals surface area contributed by atoms with Gasteiger partial charge < -0.3 is 9.47 Å². The Morgan fingerprint density at radius 3 is 1.46 bits per heavy atom. The number of hydrogen-bond donors (Lipinski definition) is 0. The van der Waals surface area contributed by atoms with Gasteiger partial charge in [0.25, 0.3) is 0 Å². The van der Waals surface area contributed by atoms with E-state index in [9.17, 15) is 35.9 Å². The van der Waals surface area contributed by atoms with Crippen molar-refractivity contribution in [1.82, 2.24) is 0 Å². The van der Waals surface area contributed by atoms with Crippen LogP contribution in [-0.2, 0) is 19.1 Å². The number of allylic oxidation sites excluding steroid dienone is 3. The van der Waals surface area contributed by atoms with E-state index in [1.165, 1.54) is 6.08 Å². The number of alkyl halides is 6. The third kappa shape index (κ3) is 15.5. The van der Waals surface area contributed by atoms with Crippen molar-refractivity contribution < 1.29 is 45.4 Å². The van der Waals surface area contributed by atoms with E-state index in [1.807, 2.05) is 0 Å². The molecule has 0 amide bonds. The smallest absolute Gasteiger partial charge is 0.422 e. The third-order valence-electron chi connectivity index (χ3n) is 2.90. The number of rotatable bonds is 11. The molecule has 0 aromatic heterocycles. The van der Waals surface area contributed by atoms with E-state index in [4.69, 9.17) is 0 Å². The van der Waals surface area contributed by atoms with Crippen LogP contribution in [0.5, 0.6) is 0 Å². The zero-order chi connectivity index (χ0) is 20.2.